The first-order valence-electron chi connectivity index (χ1n) is 7.21. The van der Waals surface area contributed by atoms with Crippen molar-refractivity contribution < 1.29 is 9.90 Å². The summed E-state index contributed by atoms with van der Waals surface area (Å²) >= 11 is 1.37. The first-order valence-corrected chi connectivity index (χ1v) is 8.03. The molecule has 2 aromatic carbocycles. The predicted octanol–water partition coefficient (Wildman–Crippen LogP) is 3.86. The van der Waals surface area contributed by atoms with E-state index in [1.807, 2.05) is 43.3 Å². The van der Waals surface area contributed by atoms with Crippen molar-refractivity contribution in [2.24, 2.45) is 0 Å². The van der Waals surface area contributed by atoms with Crippen LogP contribution >= 0.6 is 11.3 Å². The average molecular weight is 324 g/mol. The summed E-state index contributed by atoms with van der Waals surface area (Å²) in [5.74, 6) is -0.190. The number of anilines is 1. The summed E-state index contributed by atoms with van der Waals surface area (Å²) in [6.07, 6.45) is 0. The fourth-order valence-corrected chi connectivity index (χ4v) is 3.14. The van der Waals surface area contributed by atoms with Crippen molar-refractivity contribution >= 4 is 22.9 Å². The summed E-state index contributed by atoms with van der Waals surface area (Å²) in [7, 11) is 0. The van der Waals surface area contributed by atoms with Crippen LogP contribution in [0.4, 0.5) is 5.69 Å². The fourth-order valence-electron chi connectivity index (χ4n) is 2.31. The third kappa shape index (κ3) is 3.47. The Morgan fingerprint density at radius 3 is 2.70 bits per heavy atom. The molecule has 1 heterocycles. The number of rotatable bonds is 4. The second kappa shape index (κ2) is 6.73. The summed E-state index contributed by atoms with van der Waals surface area (Å²) in [5.41, 5.74) is 3.04. The number of aryl methyl sites for hydroxylation is 1. The lowest BCUT2D eigenvalue weighted by Gasteiger charge is -2.06. The van der Waals surface area contributed by atoms with Crippen molar-refractivity contribution in [3.05, 3.63) is 70.0 Å². The van der Waals surface area contributed by atoms with Crippen LogP contribution in [-0.4, -0.2) is 16.0 Å². The molecule has 0 aliphatic rings. The van der Waals surface area contributed by atoms with Gasteiger partial charge in [-0.1, -0.05) is 42.5 Å². The van der Waals surface area contributed by atoms with Crippen LogP contribution in [0.5, 0.6) is 0 Å². The maximum atomic E-state index is 12.6. The molecule has 2 N–H and O–H groups in total. The van der Waals surface area contributed by atoms with Gasteiger partial charge in [-0.25, -0.2) is 4.98 Å². The molecule has 1 amide bonds. The SMILES string of the molecule is Cc1nc(-c2ccccc2)c(C(=O)Nc2cccc(CO)c2)s1. The zero-order chi connectivity index (χ0) is 16.2. The van der Waals surface area contributed by atoms with E-state index in [0.29, 0.717) is 16.3 Å². The Morgan fingerprint density at radius 1 is 1.17 bits per heavy atom. The number of amides is 1. The number of aromatic nitrogens is 1. The van der Waals surface area contributed by atoms with E-state index >= 15 is 0 Å². The molecule has 0 aliphatic carbocycles. The van der Waals surface area contributed by atoms with Crippen LogP contribution in [0.15, 0.2) is 54.6 Å². The Bertz CT molecular complexity index is 828. The number of nitrogens with one attached hydrogen (secondary N) is 1. The van der Waals surface area contributed by atoms with E-state index in [-0.39, 0.29) is 12.5 Å². The lowest BCUT2D eigenvalue weighted by molar-refractivity contribution is 0.103. The van der Waals surface area contributed by atoms with Crippen LogP contribution in [0.1, 0.15) is 20.2 Å². The van der Waals surface area contributed by atoms with Crippen LogP contribution in [0.2, 0.25) is 0 Å². The maximum absolute atomic E-state index is 12.6. The number of hydrogen-bond donors (Lipinski definition) is 2. The molecule has 0 spiro atoms. The molecule has 0 aliphatic heterocycles. The Kier molecular flexibility index (Phi) is 4.50. The van der Waals surface area contributed by atoms with E-state index in [9.17, 15) is 9.90 Å². The molecule has 4 nitrogen and oxygen atoms in total. The number of aliphatic hydroxyl groups is 1. The first kappa shape index (κ1) is 15.4. The number of thiazole rings is 1. The van der Waals surface area contributed by atoms with Gasteiger partial charge in [0.25, 0.3) is 5.91 Å². The molecular weight excluding hydrogens is 308 g/mol. The average Bonchev–Trinajstić information content (AvgIpc) is 2.98. The molecule has 0 fully saturated rings. The van der Waals surface area contributed by atoms with Crippen molar-refractivity contribution in [3.63, 3.8) is 0 Å². The molecule has 3 rings (SSSR count). The quantitative estimate of drug-likeness (QED) is 0.766. The van der Waals surface area contributed by atoms with E-state index in [2.05, 4.69) is 10.3 Å². The van der Waals surface area contributed by atoms with Crippen LogP contribution in [0.25, 0.3) is 11.3 Å². The molecule has 0 radical (unpaired) electrons. The number of nitrogens with zero attached hydrogens (tertiary/aromatic N) is 1. The highest BCUT2D eigenvalue weighted by molar-refractivity contribution is 7.14. The van der Waals surface area contributed by atoms with Crippen molar-refractivity contribution in [1.29, 1.82) is 0 Å². The third-order valence-electron chi connectivity index (χ3n) is 3.35. The summed E-state index contributed by atoms with van der Waals surface area (Å²) in [5, 5.41) is 12.9. The zero-order valence-corrected chi connectivity index (χ0v) is 13.4. The van der Waals surface area contributed by atoms with Gasteiger partial charge in [-0.3, -0.25) is 4.79 Å². The van der Waals surface area contributed by atoms with Crippen LogP contribution in [0.3, 0.4) is 0 Å². The summed E-state index contributed by atoms with van der Waals surface area (Å²) in [6, 6.07) is 16.8. The van der Waals surface area contributed by atoms with Crippen LogP contribution in [0, 0.1) is 6.92 Å². The number of carbonyl (C=O) groups excluding carboxylic acids is 1. The molecule has 23 heavy (non-hydrogen) atoms. The van der Waals surface area contributed by atoms with Gasteiger partial charge in [-0.05, 0) is 24.6 Å². The van der Waals surface area contributed by atoms with Gasteiger partial charge in [0.05, 0.1) is 17.3 Å². The number of benzene rings is 2. The first-order chi connectivity index (χ1) is 11.2. The fraction of sp³-hybridized carbons (Fsp3) is 0.111. The van der Waals surface area contributed by atoms with Crippen molar-refractivity contribution in [2.75, 3.05) is 5.32 Å². The summed E-state index contributed by atoms with van der Waals surface area (Å²) < 4.78 is 0. The molecule has 0 atom stereocenters. The standard InChI is InChI=1S/C18H16N2O2S/c1-12-19-16(14-7-3-2-4-8-14)17(23-12)18(22)20-15-9-5-6-13(10-15)11-21/h2-10,21H,11H2,1H3,(H,20,22). The highest BCUT2D eigenvalue weighted by atomic mass is 32.1. The van der Waals surface area contributed by atoms with Crippen LogP contribution < -0.4 is 5.32 Å². The normalized spacial score (nSPS) is 10.5. The van der Waals surface area contributed by atoms with Gasteiger partial charge in [-0.2, -0.15) is 0 Å². The smallest absolute Gasteiger partial charge is 0.268 e. The maximum Gasteiger partial charge on any atom is 0.268 e. The van der Waals surface area contributed by atoms with Gasteiger partial charge in [0.2, 0.25) is 0 Å². The Hall–Kier alpha value is -2.50. The molecule has 0 saturated heterocycles. The topological polar surface area (TPSA) is 62.2 Å². The lowest BCUT2D eigenvalue weighted by Crippen LogP contribution is -2.11. The Labute approximate surface area is 138 Å². The number of carbonyl (C=O) groups is 1. The monoisotopic (exact) mass is 324 g/mol. The Morgan fingerprint density at radius 2 is 1.96 bits per heavy atom. The molecule has 5 heteroatoms. The number of aliphatic hydroxyl groups excluding tert-OH is 1. The minimum atomic E-state index is -0.190. The highest BCUT2D eigenvalue weighted by Gasteiger charge is 2.18. The van der Waals surface area contributed by atoms with Crippen molar-refractivity contribution in [1.82, 2.24) is 4.98 Å². The molecule has 0 unspecified atom stereocenters. The second-order valence-corrected chi connectivity index (χ2v) is 6.29. The predicted molar refractivity (Wildman–Crippen MR) is 92.6 cm³/mol. The van der Waals surface area contributed by atoms with Gasteiger partial charge in [0.1, 0.15) is 4.88 Å². The second-order valence-electron chi connectivity index (χ2n) is 5.09. The lowest BCUT2D eigenvalue weighted by atomic mass is 10.1. The van der Waals surface area contributed by atoms with E-state index in [0.717, 1.165) is 16.1 Å². The highest BCUT2D eigenvalue weighted by Crippen LogP contribution is 2.28. The Balaban J connectivity index is 1.91. The van der Waals surface area contributed by atoms with Crippen LogP contribution in [-0.2, 0) is 6.61 Å². The van der Waals surface area contributed by atoms with Gasteiger partial charge < -0.3 is 10.4 Å². The van der Waals surface area contributed by atoms with E-state index < -0.39 is 0 Å². The summed E-state index contributed by atoms with van der Waals surface area (Å²) in [4.78, 5) is 17.7. The third-order valence-corrected chi connectivity index (χ3v) is 4.32. The molecule has 116 valence electrons. The van der Waals surface area contributed by atoms with Crippen molar-refractivity contribution in [2.45, 2.75) is 13.5 Å². The summed E-state index contributed by atoms with van der Waals surface area (Å²) in [6.45, 7) is 1.83. The van der Waals surface area contributed by atoms with Gasteiger partial charge in [-0.15, -0.1) is 11.3 Å². The van der Waals surface area contributed by atoms with Gasteiger partial charge in [0, 0.05) is 11.3 Å². The van der Waals surface area contributed by atoms with E-state index in [1.54, 1.807) is 18.2 Å². The molecular formula is C18H16N2O2S. The molecule has 0 bridgehead atoms. The minimum absolute atomic E-state index is 0.0569. The molecule has 0 saturated carbocycles. The number of hydrogen-bond acceptors (Lipinski definition) is 4. The molecule has 1 aromatic heterocycles. The van der Waals surface area contributed by atoms with Crippen molar-refractivity contribution in [3.8, 4) is 11.3 Å². The van der Waals surface area contributed by atoms with Gasteiger partial charge in [0.15, 0.2) is 0 Å². The van der Waals surface area contributed by atoms with Gasteiger partial charge >= 0.3 is 0 Å². The van der Waals surface area contributed by atoms with E-state index in [1.165, 1.54) is 11.3 Å². The minimum Gasteiger partial charge on any atom is -0.392 e. The largest absolute Gasteiger partial charge is 0.392 e. The van der Waals surface area contributed by atoms with E-state index in [4.69, 9.17) is 0 Å². The zero-order valence-electron chi connectivity index (χ0n) is 12.6. The molecule has 3 aromatic rings.